The van der Waals surface area contributed by atoms with Gasteiger partial charge in [-0.25, -0.2) is 9.59 Å². The van der Waals surface area contributed by atoms with Crippen molar-refractivity contribution in [3.8, 4) is 0 Å². The van der Waals surface area contributed by atoms with Gasteiger partial charge in [-0.15, -0.1) is 0 Å². The van der Waals surface area contributed by atoms with Crippen molar-refractivity contribution in [1.82, 2.24) is 24.9 Å². The fraction of sp³-hybridized carbons (Fsp3) is 0.619. The van der Waals surface area contributed by atoms with Gasteiger partial charge in [-0.3, -0.25) is 19.4 Å². The van der Waals surface area contributed by atoms with Gasteiger partial charge in [-0.05, 0) is 59.8 Å². The third kappa shape index (κ3) is 18.6. The number of rotatable bonds is 9. The third-order valence-corrected chi connectivity index (χ3v) is 11.7. The zero-order valence-corrected chi connectivity index (χ0v) is 40.2. The second-order valence-corrected chi connectivity index (χ2v) is 18.3. The molecule has 4 saturated heterocycles. The van der Waals surface area contributed by atoms with Crippen LogP contribution < -0.4 is 20.9 Å². The molecule has 0 aliphatic carbocycles. The molecule has 0 radical (unpaired) electrons. The number of amides is 3. The highest BCUT2D eigenvalue weighted by molar-refractivity contribution is 6.62. The molecule has 4 aliphatic rings. The van der Waals surface area contributed by atoms with Gasteiger partial charge in [0.1, 0.15) is 0 Å². The topological polar surface area (TPSA) is 144 Å². The summed E-state index contributed by atoms with van der Waals surface area (Å²) in [5.74, 6) is -0.114. The lowest BCUT2D eigenvalue weighted by Crippen LogP contribution is -2.52. The minimum atomic E-state index is -5.75. The summed E-state index contributed by atoms with van der Waals surface area (Å²) in [4.78, 5) is 54.3. The number of alkyl halides is 12. The molecule has 0 unspecified atom stereocenters. The monoisotopic (exact) mass is 1100 g/mol. The van der Waals surface area contributed by atoms with Crippen LogP contribution in [-0.4, -0.2) is 170 Å². The summed E-state index contributed by atoms with van der Waals surface area (Å²) < 4.78 is 159. The van der Waals surface area contributed by atoms with Crippen molar-refractivity contribution in [3.05, 3.63) is 57.6 Å². The fourth-order valence-corrected chi connectivity index (χ4v) is 8.30. The van der Waals surface area contributed by atoms with Gasteiger partial charge >= 0.3 is 36.9 Å². The lowest BCUT2D eigenvalue weighted by molar-refractivity contribution is -0.309. The van der Waals surface area contributed by atoms with Gasteiger partial charge in [0.2, 0.25) is 11.1 Å². The first-order valence-electron chi connectivity index (χ1n) is 21.7. The van der Waals surface area contributed by atoms with Crippen LogP contribution in [0.4, 0.5) is 73.6 Å². The van der Waals surface area contributed by atoms with Crippen LogP contribution in [0.15, 0.2) is 36.4 Å². The number of hydrogen-bond acceptors (Lipinski definition) is 11. The molecule has 3 amide bonds. The Kier molecular flexibility index (Phi) is 20.9. The van der Waals surface area contributed by atoms with E-state index < -0.39 is 49.1 Å². The van der Waals surface area contributed by atoms with Crippen LogP contribution in [0.5, 0.6) is 0 Å². The van der Waals surface area contributed by atoms with E-state index in [0.29, 0.717) is 42.8 Å². The predicted octanol–water partition coefficient (Wildman–Crippen LogP) is 8.20. The van der Waals surface area contributed by atoms with Crippen molar-refractivity contribution in [2.24, 2.45) is 5.73 Å². The summed E-state index contributed by atoms with van der Waals surface area (Å²) in [7, 11) is 0. The molecule has 4 fully saturated rings. The molecular weight excluding hydrogens is 1050 g/mol. The zero-order valence-electron chi connectivity index (χ0n) is 38.0. The maximum atomic E-state index is 12.7. The number of benzene rings is 2. The van der Waals surface area contributed by atoms with Crippen LogP contribution in [0.2, 0.25) is 10.0 Å². The first-order valence-corrected chi connectivity index (χ1v) is 22.8. The molecule has 29 heteroatoms. The molecule has 2 aromatic carbocycles. The summed E-state index contributed by atoms with van der Waals surface area (Å²) in [6.07, 6.45) is -33.0. The summed E-state index contributed by atoms with van der Waals surface area (Å²) in [5.41, 5.74) is 9.69. The Bertz CT molecular complexity index is 2090. The number of nitrogens with one attached hydrogen (secondary N) is 1. The van der Waals surface area contributed by atoms with E-state index >= 15 is 0 Å². The summed E-state index contributed by atoms with van der Waals surface area (Å²) in [6, 6.07) is 10.9. The first-order chi connectivity index (χ1) is 32.8. The molecule has 400 valence electrons. The Morgan fingerprint density at radius 1 is 0.606 bits per heavy atom. The molecular formula is C42H51Cl3F12N8O6. The van der Waals surface area contributed by atoms with Crippen LogP contribution in [0.1, 0.15) is 37.8 Å². The normalized spacial score (nSPS) is 19.5. The number of nitrogens with zero attached hydrogens (tertiary/aromatic N) is 6. The highest BCUT2D eigenvalue weighted by atomic mass is 35.5. The first kappa shape index (κ1) is 59.2. The smallest absolute Gasteiger partial charge is 0.426 e. The van der Waals surface area contributed by atoms with E-state index in [-0.39, 0.29) is 75.6 Å². The Morgan fingerprint density at radius 2 is 0.958 bits per heavy atom. The molecule has 4 heterocycles. The number of piperazine rings is 2. The quantitative estimate of drug-likeness (QED) is 0.185. The van der Waals surface area contributed by atoms with Gasteiger partial charge in [0.15, 0.2) is 0 Å². The average molecular weight is 1100 g/mol. The molecule has 0 aromatic heterocycles. The van der Waals surface area contributed by atoms with E-state index in [1.165, 1.54) is 13.8 Å². The number of halogens is 15. The minimum absolute atomic E-state index is 0.00566. The number of nitrogens with two attached hydrogens (primary N) is 1. The fourth-order valence-electron chi connectivity index (χ4n) is 7.97. The minimum Gasteiger partial charge on any atom is -0.426 e. The van der Waals surface area contributed by atoms with E-state index in [4.69, 9.17) is 28.9 Å². The van der Waals surface area contributed by atoms with Gasteiger partial charge < -0.3 is 40.1 Å². The van der Waals surface area contributed by atoms with Gasteiger partial charge in [0.25, 0.3) is 12.2 Å². The van der Waals surface area contributed by atoms with Crippen LogP contribution in [-0.2, 0) is 32.2 Å². The standard InChI is InChI=1S/C21H25ClF6N4O3.C19H23ClF6N4O2.C2H3ClO/c1-13(33)29-16-4-5-32(12-16)17-10-15(22)3-2-14(17)11-30-6-8-31(9-7-30)19(34)35-18(20(23,24)25)21(26,27)28;20-13-2-1-12(15(9-13)30-4-3-14(27)11-30)10-28-5-7-29(8-6-28)17(31)32-16(18(21,22)23)19(24,25)26;1-2(3)4/h2-3,10,16,18H,4-9,11-12H2,1H3,(H,29,33);1-2,9,14,16H,3-8,10-11,27H2;1H3/t16-;14-;/m11./s1. The molecule has 14 nitrogen and oxygen atoms in total. The Hall–Kier alpha value is -4.37. The third-order valence-electron chi connectivity index (χ3n) is 11.3. The average Bonchev–Trinajstić information content (AvgIpc) is 3.90. The molecule has 2 atom stereocenters. The van der Waals surface area contributed by atoms with Crippen molar-refractivity contribution in [1.29, 1.82) is 0 Å². The number of carbonyl (C=O) groups excluding carboxylic acids is 4. The molecule has 0 saturated carbocycles. The molecule has 2 aromatic rings. The van der Waals surface area contributed by atoms with E-state index in [1.807, 2.05) is 34.1 Å². The zero-order chi connectivity index (χ0) is 53.2. The molecule has 6 rings (SSSR count). The van der Waals surface area contributed by atoms with Crippen molar-refractivity contribution in [2.45, 2.75) is 88.8 Å². The molecule has 3 N–H and O–H groups in total. The van der Waals surface area contributed by atoms with E-state index in [2.05, 4.69) is 36.2 Å². The largest absolute Gasteiger partial charge is 0.434 e. The van der Waals surface area contributed by atoms with Crippen LogP contribution in [0.25, 0.3) is 0 Å². The predicted molar refractivity (Wildman–Crippen MR) is 237 cm³/mol. The van der Waals surface area contributed by atoms with Crippen molar-refractivity contribution in [3.63, 3.8) is 0 Å². The molecule has 0 bridgehead atoms. The highest BCUT2D eigenvalue weighted by Crippen LogP contribution is 2.38. The number of carbonyl (C=O) groups is 4. The Balaban J connectivity index is 0.000000288. The van der Waals surface area contributed by atoms with Crippen molar-refractivity contribution < 1.29 is 81.3 Å². The van der Waals surface area contributed by atoms with Crippen LogP contribution in [0.3, 0.4) is 0 Å². The number of anilines is 2. The SMILES string of the molecule is CC(=O)Cl.CC(=O)N[C@@H]1CCN(c2cc(Cl)ccc2CN2CCN(C(=O)OC(C(F)(F)F)C(F)(F)F)CC2)C1.N[C@@H]1CCN(c2cc(Cl)ccc2CN2CCN(C(=O)OC(C(F)(F)F)C(F)(F)F)CC2)C1. The summed E-state index contributed by atoms with van der Waals surface area (Å²) in [5, 5.41) is 3.63. The van der Waals surface area contributed by atoms with E-state index in [0.717, 1.165) is 51.7 Å². The summed E-state index contributed by atoms with van der Waals surface area (Å²) >= 11 is 17.0. The maximum absolute atomic E-state index is 12.7. The summed E-state index contributed by atoms with van der Waals surface area (Å²) in [6.45, 7) is 7.15. The second-order valence-electron chi connectivity index (χ2n) is 16.9. The van der Waals surface area contributed by atoms with Crippen molar-refractivity contribution >= 4 is 69.5 Å². The van der Waals surface area contributed by atoms with Gasteiger partial charge in [0.05, 0.1) is 0 Å². The number of ether oxygens (including phenoxy) is 2. The Morgan fingerprint density at radius 3 is 1.28 bits per heavy atom. The maximum Gasteiger partial charge on any atom is 0.434 e. The lowest BCUT2D eigenvalue weighted by Gasteiger charge is -2.36. The molecule has 4 aliphatic heterocycles. The Labute approximate surface area is 415 Å². The van der Waals surface area contributed by atoms with Crippen molar-refractivity contribution in [2.75, 3.05) is 88.3 Å². The second kappa shape index (κ2) is 25.0. The highest BCUT2D eigenvalue weighted by Gasteiger charge is 2.61. The molecule has 0 spiro atoms. The van der Waals surface area contributed by atoms with E-state index in [1.54, 1.807) is 12.1 Å². The lowest BCUT2D eigenvalue weighted by atomic mass is 10.1. The van der Waals surface area contributed by atoms with Gasteiger partial charge in [0, 0.05) is 139 Å². The van der Waals surface area contributed by atoms with Crippen LogP contribution >= 0.6 is 34.8 Å². The van der Waals surface area contributed by atoms with E-state index in [9.17, 15) is 71.9 Å². The van der Waals surface area contributed by atoms with Gasteiger partial charge in [-0.2, -0.15) is 52.7 Å². The van der Waals surface area contributed by atoms with Gasteiger partial charge in [-0.1, -0.05) is 35.3 Å². The number of hydrogen-bond donors (Lipinski definition) is 2. The molecule has 71 heavy (non-hydrogen) atoms. The van der Waals surface area contributed by atoms with Crippen LogP contribution in [0, 0.1) is 0 Å².